The van der Waals surface area contributed by atoms with Crippen molar-refractivity contribution in [3.05, 3.63) is 53.1 Å². The van der Waals surface area contributed by atoms with E-state index >= 15 is 0 Å². The number of primary sulfonamides is 1. The fourth-order valence-electron chi connectivity index (χ4n) is 3.53. The van der Waals surface area contributed by atoms with Gasteiger partial charge in [-0.3, -0.25) is 4.79 Å². The molecule has 1 saturated heterocycles. The van der Waals surface area contributed by atoms with Crippen molar-refractivity contribution in [3.63, 3.8) is 0 Å². The van der Waals surface area contributed by atoms with Crippen LogP contribution in [0, 0.1) is 0 Å². The number of ether oxygens (including phenoxy) is 1. The molecule has 136 valence electrons. The van der Waals surface area contributed by atoms with Gasteiger partial charge >= 0.3 is 0 Å². The largest absolute Gasteiger partial charge is 0.381 e. The Kier molecular flexibility index (Phi) is 4.18. The monoisotopic (exact) mass is 373 g/mol. The lowest BCUT2D eigenvalue weighted by molar-refractivity contribution is 0.0707. The zero-order valence-corrected chi connectivity index (χ0v) is 14.8. The first-order valence-corrected chi connectivity index (χ1v) is 9.93. The number of sulfonamides is 1. The van der Waals surface area contributed by atoms with Crippen LogP contribution >= 0.6 is 0 Å². The first kappa shape index (κ1) is 17.0. The SMILES string of the molecule is NS(=O)(=O)c1ccc(-c2cn(C3CCOCC3)c3cc[nH]c(=O)c23)cc1. The van der Waals surface area contributed by atoms with E-state index < -0.39 is 10.0 Å². The summed E-state index contributed by atoms with van der Waals surface area (Å²) in [6.45, 7) is 1.40. The number of aromatic nitrogens is 2. The molecule has 1 aliphatic heterocycles. The second kappa shape index (κ2) is 6.39. The lowest BCUT2D eigenvalue weighted by Gasteiger charge is -2.24. The Hall–Kier alpha value is -2.42. The first-order chi connectivity index (χ1) is 12.4. The molecule has 0 spiro atoms. The number of H-pyrrole nitrogens is 1. The van der Waals surface area contributed by atoms with Crippen molar-refractivity contribution in [1.82, 2.24) is 9.55 Å². The van der Waals surface area contributed by atoms with Gasteiger partial charge in [-0.15, -0.1) is 0 Å². The third kappa shape index (κ3) is 2.96. The predicted octanol–water partition coefficient (Wildman–Crippen LogP) is 2.00. The van der Waals surface area contributed by atoms with E-state index in [1.165, 1.54) is 12.1 Å². The Bertz CT molecular complexity index is 1110. The molecule has 0 bridgehead atoms. The van der Waals surface area contributed by atoms with Crippen LogP contribution in [0.25, 0.3) is 22.0 Å². The summed E-state index contributed by atoms with van der Waals surface area (Å²) in [4.78, 5) is 15.3. The Morgan fingerprint density at radius 2 is 1.81 bits per heavy atom. The molecule has 0 unspecified atom stereocenters. The quantitative estimate of drug-likeness (QED) is 0.732. The van der Waals surface area contributed by atoms with E-state index in [1.807, 2.05) is 12.3 Å². The first-order valence-electron chi connectivity index (χ1n) is 8.38. The minimum atomic E-state index is -3.75. The molecular weight excluding hydrogens is 354 g/mol. The molecule has 0 aliphatic carbocycles. The van der Waals surface area contributed by atoms with Crippen LogP contribution in [0.4, 0.5) is 0 Å². The van der Waals surface area contributed by atoms with Crippen LogP contribution in [-0.4, -0.2) is 31.2 Å². The highest BCUT2D eigenvalue weighted by Crippen LogP contribution is 2.33. The van der Waals surface area contributed by atoms with Gasteiger partial charge in [0.1, 0.15) is 0 Å². The summed E-state index contributed by atoms with van der Waals surface area (Å²) in [6, 6.07) is 8.43. The normalized spacial score (nSPS) is 16.2. The average Bonchev–Trinajstić information content (AvgIpc) is 3.03. The minimum absolute atomic E-state index is 0.0447. The Labute approximate surface area is 150 Å². The minimum Gasteiger partial charge on any atom is -0.381 e. The summed E-state index contributed by atoms with van der Waals surface area (Å²) in [7, 11) is -3.75. The summed E-state index contributed by atoms with van der Waals surface area (Å²) >= 11 is 0. The van der Waals surface area contributed by atoms with Gasteiger partial charge in [0.25, 0.3) is 5.56 Å². The molecule has 0 radical (unpaired) electrons. The molecule has 0 saturated carbocycles. The van der Waals surface area contributed by atoms with E-state index in [-0.39, 0.29) is 16.5 Å². The molecule has 3 heterocycles. The van der Waals surface area contributed by atoms with Crippen LogP contribution in [0.2, 0.25) is 0 Å². The number of nitrogens with zero attached hydrogens (tertiary/aromatic N) is 1. The van der Waals surface area contributed by atoms with Gasteiger partial charge < -0.3 is 14.3 Å². The Morgan fingerprint density at radius 1 is 1.12 bits per heavy atom. The van der Waals surface area contributed by atoms with Crippen molar-refractivity contribution < 1.29 is 13.2 Å². The van der Waals surface area contributed by atoms with Gasteiger partial charge in [-0.1, -0.05) is 12.1 Å². The highest BCUT2D eigenvalue weighted by molar-refractivity contribution is 7.89. The van der Waals surface area contributed by atoms with Gasteiger partial charge in [0.15, 0.2) is 0 Å². The van der Waals surface area contributed by atoms with Crippen molar-refractivity contribution in [2.24, 2.45) is 5.14 Å². The van der Waals surface area contributed by atoms with Crippen LogP contribution in [0.1, 0.15) is 18.9 Å². The van der Waals surface area contributed by atoms with Gasteiger partial charge in [-0.05, 0) is 36.6 Å². The van der Waals surface area contributed by atoms with Crippen LogP contribution in [-0.2, 0) is 14.8 Å². The number of nitrogens with two attached hydrogens (primary N) is 1. The van der Waals surface area contributed by atoms with Crippen molar-refractivity contribution in [1.29, 1.82) is 0 Å². The van der Waals surface area contributed by atoms with Crippen molar-refractivity contribution >= 4 is 20.9 Å². The topological polar surface area (TPSA) is 107 Å². The third-order valence-corrected chi connectivity index (χ3v) is 5.76. The Morgan fingerprint density at radius 3 is 2.46 bits per heavy atom. The molecule has 1 fully saturated rings. The molecule has 26 heavy (non-hydrogen) atoms. The standard InChI is InChI=1S/C18H19N3O4S/c19-26(23,24)14-3-1-12(2-4-14)15-11-21(13-6-9-25-10-7-13)16-5-8-20-18(22)17(15)16/h1-5,8,11,13H,6-7,9-10H2,(H,20,22)(H2,19,23,24). The second-order valence-corrected chi connectivity index (χ2v) is 7.99. The van der Waals surface area contributed by atoms with Gasteiger partial charge in [0.05, 0.1) is 15.8 Å². The van der Waals surface area contributed by atoms with Crippen molar-refractivity contribution in [3.8, 4) is 11.1 Å². The number of nitrogens with one attached hydrogen (secondary N) is 1. The van der Waals surface area contributed by atoms with Gasteiger partial charge in [0.2, 0.25) is 10.0 Å². The summed E-state index contributed by atoms with van der Waals surface area (Å²) in [6.07, 6.45) is 5.40. The van der Waals surface area contributed by atoms with E-state index in [0.717, 1.165) is 29.5 Å². The average molecular weight is 373 g/mol. The molecular formula is C18H19N3O4S. The fraction of sp³-hybridized carbons (Fsp3) is 0.278. The summed E-state index contributed by atoms with van der Waals surface area (Å²) in [5.74, 6) is 0. The summed E-state index contributed by atoms with van der Waals surface area (Å²) in [5.41, 5.74) is 2.24. The van der Waals surface area contributed by atoms with Crippen molar-refractivity contribution in [2.75, 3.05) is 13.2 Å². The molecule has 2 aromatic heterocycles. The fourth-order valence-corrected chi connectivity index (χ4v) is 4.04. The van der Waals surface area contributed by atoms with Crippen LogP contribution in [0.15, 0.2) is 52.4 Å². The van der Waals surface area contributed by atoms with E-state index in [4.69, 9.17) is 9.88 Å². The van der Waals surface area contributed by atoms with E-state index in [2.05, 4.69) is 9.55 Å². The smallest absolute Gasteiger partial charge is 0.258 e. The van der Waals surface area contributed by atoms with Gasteiger partial charge in [-0.2, -0.15) is 0 Å². The molecule has 8 heteroatoms. The molecule has 4 rings (SSSR count). The van der Waals surface area contributed by atoms with Crippen LogP contribution < -0.4 is 10.7 Å². The summed E-state index contributed by atoms with van der Waals surface area (Å²) < 4.78 is 30.5. The zero-order chi connectivity index (χ0) is 18.3. The number of aromatic amines is 1. The maximum absolute atomic E-state index is 12.5. The molecule has 3 N–H and O–H groups in total. The van der Waals surface area contributed by atoms with Crippen LogP contribution in [0.3, 0.4) is 0 Å². The molecule has 1 aliphatic rings. The predicted molar refractivity (Wildman–Crippen MR) is 98.5 cm³/mol. The van der Waals surface area contributed by atoms with E-state index in [1.54, 1.807) is 18.3 Å². The number of hydrogen-bond acceptors (Lipinski definition) is 4. The van der Waals surface area contributed by atoms with E-state index in [0.29, 0.717) is 18.6 Å². The number of fused-ring (bicyclic) bond motifs is 1. The maximum Gasteiger partial charge on any atom is 0.258 e. The highest BCUT2D eigenvalue weighted by Gasteiger charge is 2.21. The highest BCUT2D eigenvalue weighted by atomic mass is 32.2. The number of hydrogen-bond donors (Lipinski definition) is 2. The Balaban J connectivity index is 1.88. The van der Waals surface area contributed by atoms with Gasteiger partial charge in [-0.25, -0.2) is 13.6 Å². The molecule has 0 amide bonds. The van der Waals surface area contributed by atoms with Gasteiger partial charge in [0, 0.05) is 37.2 Å². The van der Waals surface area contributed by atoms with Crippen LogP contribution in [0.5, 0.6) is 0 Å². The number of rotatable bonds is 3. The lowest BCUT2D eigenvalue weighted by atomic mass is 10.1. The second-order valence-electron chi connectivity index (χ2n) is 6.43. The maximum atomic E-state index is 12.5. The van der Waals surface area contributed by atoms with Crippen molar-refractivity contribution in [2.45, 2.75) is 23.8 Å². The lowest BCUT2D eigenvalue weighted by Crippen LogP contribution is -2.19. The van der Waals surface area contributed by atoms with E-state index in [9.17, 15) is 13.2 Å². The molecule has 3 aromatic rings. The summed E-state index contributed by atoms with van der Waals surface area (Å²) in [5, 5.41) is 5.76. The number of benzene rings is 1. The third-order valence-electron chi connectivity index (χ3n) is 4.83. The molecule has 1 aromatic carbocycles. The molecule has 0 atom stereocenters. The number of pyridine rings is 1. The molecule has 7 nitrogen and oxygen atoms in total. The zero-order valence-electron chi connectivity index (χ0n) is 14.0.